The quantitative estimate of drug-likeness (QED) is 0.713. The molecule has 0 fully saturated rings. The molecule has 1 aromatic carbocycles. The molecule has 0 aliphatic rings. The predicted octanol–water partition coefficient (Wildman–Crippen LogP) is 2.49. The van der Waals surface area contributed by atoms with Crippen LogP contribution >= 0.6 is 0 Å². The topological polar surface area (TPSA) is 83.0 Å². The molecule has 5 heteroatoms. The number of hydrogen-bond donors (Lipinski definition) is 2. The molecule has 2 N–H and O–H groups in total. The number of nitrogens with one attached hydrogen (secondary N) is 1. The van der Waals surface area contributed by atoms with Gasteiger partial charge in [-0.1, -0.05) is 24.3 Å². The molecule has 0 bridgehead atoms. The van der Waals surface area contributed by atoms with Crippen LogP contribution in [0.1, 0.15) is 26.5 Å². The van der Waals surface area contributed by atoms with Crippen LogP contribution in [0.3, 0.4) is 0 Å². The molecule has 0 aliphatic carbocycles. The summed E-state index contributed by atoms with van der Waals surface area (Å²) in [5, 5.41) is 9.87. The van der Waals surface area contributed by atoms with E-state index in [0.29, 0.717) is 10.9 Å². The molecule has 0 atom stereocenters. The number of nitrogens with zero attached hydrogens (tertiary/aromatic N) is 1. The SMILES string of the molecule is O=C(c1ccccn1)c1[nH]c2ccccc2c1C(=O)O. The van der Waals surface area contributed by atoms with Crippen molar-refractivity contribution in [3.8, 4) is 0 Å². The van der Waals surface area contributed by atoms with Crippen molar-refractivity contribution >= 4 is 22.7 Å². The van der Waals surface area contributed by atoms with Gasteiger partial charge in [0.25, 0.3) is 0 Å². The zero-order valence-electron chi connectivity index (χ0n) is 10.3. The van der Waals surface area contributed by atoms with Crippen molar-refractivity contribution in [3.63, 3.8) is 0 Å². The summed E-state index contributed by atoms with van der Waals surface area (Å²) in [6, 6.07) is 11.8. The second-order valence-corrected chi connectivity index (χ2v) is 4.27. The summed E-state index contributed by atoms with van der Waals surface area (Å²) >= 11 is 0. The van der Waals surface area contributed by atoms with Crippen molar-refractivity contribution in [2.45, 2.75) is 0 Å². The van der Waals surface area contributed by atoms with Crippen LogP contribution in [-0.2, 0) is 0 Å². The maximum Gasteiger partial charge on any atom is 0.338 e. The number of aromatic nitrogens is 2. The van der Waals surface area contributed by atoms with E-state index in [0.717, 1.165) is 0 Å². The molecule has 0 saturated heterocycles. The number of aromatic amines is 1. The summed E-state index contributed by atoms with van der Waals surface area (Å²) in [4.78, 5) is 30.7. The predicted molar refractivity (Wildman–Crippen MR) is 72.9 cm³/mol. The van der Waals surface area contributed by atoms with E-state index in [-0.39, 0.29) is 17.0 Å². The van der Waals surface area contributed by atoms with Crippen molar-refractivity contribution in [1.29, 1.82) is 0 Å². The first-order valence-corrected chi connectivity index (χ1v) is 5.98. The molecule has 0 spiro atoms. The monoisotopic (exact) mass is 266 g/mol. The van der Waals surface area contributed by atoms with Crippen LogP contribution in [0.15, 0.2) is 48.7 Å². The van der Waals surface area contributed by atoms with E-state index in [1.165, 1.54) is 6.20 Å². The van der Waals surface area contributed by atoms with Gasteiger partial charge < -0.3 is 10.1 Å². The normalized spacial score (nSPS) is 10.6. The van der Waals surface area contributed by atoms with E-state index >= 15 is 0 Å². The van der Waals surface area contributed by atoms with E-state index in [1.54, 1.807) is 42.5 Å². The average Bonchev–Trinajstić information content (AvgIpc) is 2.86. The number of carbonyl (C=O) groups excluding carboxylic acids is 1. The number of carbonyl (C=O) groups is 2. The van der Waals surface area contributed by atoms with Gasteiger partial charge in [-0.3, -0.25) is 9.78 Å². The highest BCUT2D eigenvalue weighted by molar-refractivity contribution is 6.18. The lowest BCUT2D eigenvalue weighted by molar-refractivity contribution is 0.0695. The van der Waals surface area contributed by atoms with Crippen LogP contribution in [0.4, 0.5) is 0 Å². The van der Waals surface area contributed by atoms with E-state index in [2.05, 4.69) is 9.97 Å². The second kappa shape index (κ2) is 4.62. The van der Waals surface area contributed by atoms with Crippen molar-refractivity contribution in [3.05, 3.63) is 65.6 Å². The first-order valence-electron chi connectivity index (χ1n) is 5.98. The standard InChI is InChI=1S/C15H10N2O3/c18-14(11-7-3-4-8-16-11)13-12(15(19)20)9-5-1-2-6-10(9)17-13/h1-8,17H,(H,19,20). The number of carboxylic acids is 1. The maximum atomic E-state index is 12.4. The van der Waals surface area contributed by atoms with E-state index in [9.17, 15) is 14.7 Å². The molecule has 20 heavy (non-hydrogen) atoms. The van der Waals surface area contributed by atoms with Gasteiger partial charge in [-0.2, -0.15) is 0 Å². The highest BCUT2D eigenvalue weighted by Gasteiger charge is 2.23. The van der Waals surface area contributed by atoms with Crippen LogP contribution in [-0.4, -0.2) is 26.8 Å². The first kappa shape index (κ1) is 12.1. The summed E-state index contributed by atoms with van der Waals surface area (Å²) in [5.74, 6) is -1.57. The van der Waals surface area contributed by atoms with Gasteiger partial charge in [0.05, 0.1) is 5.56 Å². The Morgan fingerprint density at radius 3 is 2.50 bits per heavy atom. The Hall–Kier alpha value is -2.95. The highest BCUT2D eigenvalue weighted by atomic mass is 16.4. The molecule has 0 radical (unpaired) electrons. The average molecular weight is 266 g/mol. The Morgan fingerprint density at radius 2 is 1.80 bits per heavy atom. The molecule has 0 amide bonds. The first-order chi connectivity index (χ1) is 9.68. The fourth-order valence-corrected chi connectivity index (χ4v) is 2.16. The van der Waals surface area contributed by atoms with Gasteiger partial charge in [0.1, 0.15) is 11.4 Å². The Bertz CT molecular complexity index is 806. The molecule has 98 valence electrons. The third-order valence-electron chi connectivity index (χ3n) is 3.04. The van der Waals surface area contributed by atoms with Crippen molar-refractivity contribution in [2.75, 3.05) is 0 Å². The number of benzene rings is 1. The molecule has 2 heterocycles. The third kappa shape index (κ3) is 1.85. The highest BCUT2D eigenvalue weighted by Crippen LogP contribution is 2.24. The Morgan fingerprint density at radius 1 is 1.05 bits per heavy atom. The minimum absolute atomic E-state index is 0.0174. The molecule has 0 saturated carbocycles. The van der Waals surface area contributed by atoms with Gasteiger partial charge in [-0.25, -0.2) is 4.79 Å². The third-order valence-corrected chi connectivity index (χ3v) is 3.04. The summed E-state index contributed by atoms with van der Waals surface area (Å²) in [6.07, 6.45) is 1.50. The number of fused-ring (bicyclic) bond motifs is 1. The minimum Gasteiger partial charge on any atom is -0.478 e. The lowest BCUT2D eigenvalue weighted by Gasteiger charge is -1.99. The summed E-state index contributed by atoms with van der Waals surface area (Å²) < 4.78 is 0. The Labute approximate surface area is 113 Å². The number of rotatable bonds is 3. The van der Waals surface area contributed by atoms with Gasteiger partial charge in [0, 0.05) is 17.1 Å². The van der Waals surface area contributed by atoms with Crippen LogP contribution < -0.4 is 0 Å². The van der Waals surface area contributed by atoms with Gasteiger partial charge >= 0.3 is 5.97 Å². The molecule has 5 nitrogen and oxygen atoms in total. The van der Waals surface area contributed by atoms with Gasteiger partial charge in [-0.15, -0.1) is 0 Å². The van der Waals surface area contributed by atoms with Crippen molar-refractivity contribution < 1.29 is 14.7 Å². The molecule has 0 unspecified atom stereocenters. The van der Waals surface area contributed by atoms with Crippen LogP contribution in [0.25, 0.3) is 10.9 Å². The number of pyridine rings is 1. The zero-order valence-corrected chi connectivity index (χ0v) is 10.3. The Kier molecular flexibility index (Phi) is 2.80. The fourth-order valence-electron chi connectivity index (χ4n) is 2.16. The molecule has 0 aliphatic heterocycles. The van der Waals surface area contributed by atoms with Crippen molar-refractivity contribution in [1.82, 2.24) is 9.97 Å². The van der Waals surface area contributed by atoms with Crippen molar-refractivity contribution in [2.24, 2.45) is 0 Å². The van der Waals surface area contributed by atoms with Crippen LogP contribution in [0.2, 0.25) is 0 Å². The van der Waals surface area contributed by atoms with E-state index in [1.807, 2.05) is 0 Å². The fraction of sp³-hybridized carbons (Fsp3) is 0. The lowest BCUT2D eigenvalue weighted by Crippen LogP contribution is -2.10. The maximum absolute atomic E-state index is 12.4. The second-order valence-electron chi connectivity index (χ2n) is 4.27. The number of para-hydroxylation sites is 1. The van der Waals surface area contributed by atoms with Crippen LogP contribution in [0, 0.1) is 0 Å². The summed E-state index contributed by atoms with van der Waals surface area (Å²) in [6.45, 7) is 0. The van der Waals surface area contributed by atoms with Gasteiger partial charge in [-0.05, 0) is 18.2 Å². The smallest absolute Gasteiger partial charge is 0.338 e. The molecule has 3 rings (SSSR count). The van der Waals surface area contributed by atoms with E-state index in [4.69, 9.17) is 0 Å². The number of hydrogen-bond acceptors (Lipinski definition) is 3. The molecular weight excluding hydrogens is 256 g/mol. The number of carboxylic acid groups (broad SMARTS) is 1. The summed E-state index contributed by atoms with van der Waals surface area (Å²) in [5.41, 5.74) is 0.861. The number of ketones is 1. The lowest BCUT2D eigenvalue weighted by atomic mass is 10.1. The molecule has 2 aromatic heterocycles. The van der Waals surface area contributed by atoms with E-state index < -0.39 is 11.8 Å². The van der Waals surface area contributed by atoms with Gasteiger partial charge in [0.2, 0.25) is 5.78 Å². The largest absolute Gasteiger partial charge is 0.478 e. The minimum atomic E-state index is -1.14. The zero-order chi connectivity index (χ0) is 14.1. The molecule has 3 aromatic rings. The van der Waals surface area contributed by atoms with Crippen LogP contribution in [0.5, 0.6) is 0 Å². The number of H-pyrrole nitrogens is 1. The summed E-state index contributed by atoms with van der Waals surface area (Å²) in [7, 11) is 0. The number of aromatic carboxylic acids is 1. The molecular formula is C15H10N2O3. The van der Waals surface area contributed by atoms with Gasteiger partial charge in [0.15, 0.2) is 0 Å². The Balaban J connectivity index is 2.24.